The molecule has 0 spiro atoms. The van der Waals surface area contributed by atoms with E-state index >= 15 is 0 Å². The van der Waals surface area contributed by atoms with E-state index in [4.69, 9.17) is 4.89 Å². The first-order chi connectivity index (χ1) is 2.77. The molecule has 0 aromatic carbocycles. The van der Waals surface area contributed by atoms with Crippen molar-refractivity contribution in [3.05, 3.63) is 0 Å². The van der Waals surface area contributed by atoms with Crippen LogP contribution in [-0.2, 0) is 9.09 Å². The molecule has 0 aromatic heterocycles. The van der Waals surface area contributed by atoms with Gasteiger partial charge in [0, 0.05) is 17.4 Å². The Kier molecular flexibility index (Phi) is 10.1. The van der Waals surface area contributed by atoms with E-state index in [-0.39, 0.29) is 17.4 Å². The molecule has 0 heterocycles. The predicted molar refractivity (Wildman–Crippen MR) is 28.6 cm³/mol. The first-order valence-electron chi connectivity index (χ1n) is 1.63. The van der Waals surface area contributed by atoms with Crippen LogP contribution in [-0.4, -0.2) is 28.9 Å². The van der Waals surface area contributed by atoms with Gasteiger partial charge in [-0.05, 0) is 6.92 Å². The quantitative estimate of drug-likeness (QED) is 0.431. The van der Waals surface area contributed by atoms with Crippen molar-refractivity contribution in [2.45, 2.75) is 6.92 Å². The summed E-state index contributed by atoms with van der Waals surface area (Å²) in [6, 6.07) is 0. The van der Waals surface area contributed by atoms with Crippen LogP contribution in [0.1, 0.15) is 6.92 Å². The zero-order valence-corrected chi connectivity index (χ0v) is 6.20. The van der Waals surface area contributed by atoms with Crippen LogP contribution in [0.15, 0.2) is 0 Å². The third-order valence-electron chi connectivity index (χ3n) is 0.268. The Bertz CT molecular complexity index is 56.9. The lowest BCUT2D eigenvalue weighted by Gasteiger charge is -1.86. The smallest absolute Gasteiger partial charge is 0.316 e. The van der Waals surface area contributed by atoms with E-state index in [9.17, 15) is 4.57 Å². The summed E-state index contributed by atoms with van der Waals surface area (Å²) in [7, 11) is -2.64. The van der Waals surface area contributed by atoms with E-state index in [0.29, 0.717) is 6.61 Å². The van der Waals surface area contributed by atoms with Crippen molar-refractivity contribution in [1.29, 1.82) is 0 Å². The summed E-state index contributed by atoms with van der Waals surface area (Å²) < 4.78 is 13.7. The first kappa shape index (κ1) is 10.6. The highest BCUT2D eigenvalue weighted by atomic mass is 31.1. The molecule has 0 aliphatic rings. The third-order valence-corrected chi connectivity index (χ3v) is 0.803. The lowest BCUT2D eigenvalue weighted by molar-refractivity contribution is 0.297. The average Bonchev–Trinajstić information content (AvgIpc) is 1.35. The fourth-order valence-electron chi connectivity index (χ4n) is 0.123. The minimum absolute atomic E-state index is 0. The largest absolute Gasteiger partial charge is 0.326 e. The summed E-state index contributed by atoms with van der Waals surface area (Å²) in [6.45, 7) is 1.98. The summed E-state index contributed by atoms with van der Waals surface area (Å²) >= 11 is 0. The van der Waals surface area contributed by atoms with Gasteiger partial charge in [-0.1, -0.05) is 0 Å². The van der Waals surface area contributed by atoms with Gasteiger partial charge in [0.1, 0.15) is 0 Å². The molecule has 0 aliphatic heterocycles. The molecule has 3 radical (unpaired) electrons. The van der Waals surface area contributed by atoms with Gasteiger partial charge in [0.05, 0.1) is 6.61 Å². The summed E-state index contributed by atoms with van der Waals surface area (Å²) in [6.07, 6.45) is 0. The Hall–Kier alpha value is 0.682. The van der Waals surface area contributed by atoms with Crippen LogP contribution in [0.2, 0.25) is 0 Å². The molecule has 41 valence electrons. The molecule has 0 saturated heterocycles. The van der Waals surface area contributed by atoms with E-state index in [0.717, 1.165) is 0 Å². The van der Waals surface area contributed by atoms with Crippen LogP contribution in [0, 0.1) is 0 Å². The molecule has 5 heteroatoms. The lowest BCUT2D eigenvalue weighted by atomic mass is 10.9. The highest BCUT2D eigenvalue weighted by Crippen LogP contribution is 2.12. The molecule has 0 aromatic rings. The van der Waals surface area contributed by atoms with Gasteiger partial charge in [0.2, 0.25) is 0 Å². The summed E-state index contributed by atoms with van der Waals surface area (Å²) in [5.41, 5.74) is 0. The summed E-state index contributed by atoms with van der Waals surface area (Å²) in [4.78, 5) is 7.88. The van der Waals surface area contributed by atoms with Crippen molar-refractivity contribution in [2.75, 3.05) is 6.61 Å². The average molecular weight is 137 g/mol. The molecule has 1 unspecified atom stereocenters. The van der Waals surface area contributed by atoms with Crippen LogP contribution in [0.4, 0.5) is 0 Å². The van der Waals surface area contributed by atoms with Gasteiger partial charge in [0.25, 0.3) is 0 Å². The lowest BCUT2D eigenvalue weighted by Crippen LogP contribution is -1.72. The number of hydrogen-bond acceptors (Lipinski definition) is 2. The molecule has 0 rings (SSSR count). The van der Waals surface area contributed by atoms with Gasteiger partial charge >= 0.3 is 8.25 Å². The van der Waals surface area contributed by atoms with Crippen molar-refractivity contribution in [1.82, 2.24) is 0 Å². The second kappa shape index (κ2) is 6.68. The van der Waals surface area contributed by atoms with Crippen LogP contribution >= 0.6 is 8.25 Å². The van der Waals surface area contributed by atoms with Crippen LogP contribution < -0.4 is 0 Å². The molecular formula is C2H7AlO3P. The molecule has 0 aliphatic carbocycles. The topological polar surface area (TPSA) is 46.5 Å². The predicted octanol–water partition coefficient (Wildman–Crippen LogP) is 0.0241. The zero-order valence-electron chi connectivity index (χ0n) is 4.05. The Morgan fingerprint density at radius 3 is 2.29 bits per heavy atom. The Balaban J connectivity index is 0. The van der Waals surface area contributed by atoms with Gasteiger partial charge < -0.3 is 9.42 Å². The Labute approximate surface area is 53.8 Å². The molecule has 1 N–H and O–H groups in total. The first-order valence-corrected chi connectivity index (χ1v) is 2.89. The highest BCUT2D eigenvalue weighted by molar-refractivity contribution is 7.32. The van der Waals surface area contributed by atoms with Crippen molar-refractivity contribution in [3.63, 3.8) is 0 Å². The minimum Gasteiger partial charge on any atom is -0.326 e. The summed E-state index contributed by atoms with van der Waals surface area (Å²) in [5, 5.41) is 0. The molecule has 0 saturated carbocycles. The number of hydrogen-bond donors (Lipinski definition) is 1. The van der Waals surface area contributed by atoms with E-state index < -0.39 is 8.25 Å². The number of rotatable bonds is 2. The van der Waals surface area contributed by atoms with Crippen molar-refractivity contribution in [3.8, 4) is 0 Å². The fourth-order valence-corrected chi connectivity index (χ4v) is 0.370. The molecule has 1 atom stereocenters. The molecule has 0 bridgehead atoms. The van der Waals surface area contributed by atoms with Gasteiger partial charge in [-0.15, -0.1) is 0 Å². The third kappa shape index (κ3) is 10.8. The van der Waals surface area contributed by atoms with E-state index in [2.05, 4.69) is 4.52 Å². The molecule has 0 amide bonds. The second-order valence-electron chi connectivity index (χ2n) is 0.699. The van der Waals surface area contributed by atoms with Gasteiger partial charge in [0.15, 0.2) is 0 Å². The fraction of sp³-hybridized carbons (Fsp3) is 1.00. The Morgan fingerprint density at radius 2 is 2.29 bits per heavy atom. The highest BCUT2D eigenvalue weighted by Gasteiger charge is 1.81. The van der Waals surface area contributed by atoms with E-state index in [1.165, 1.54) is 0 Å². The maximum Gasteiger partial charge on any atom is 0.316 e. The van der Waals surface area contributed by atoms with E-state index in [1.807, 2.05) is 0 Å². The molecule has 0 fully saturated rings. The van der Waals surface area contributed by atoms with Crippen LogP contribution in [0.3, 0.4) is 0 Å². The maximum absolute atomic E-state index is 9.56. The monoisotopic (exact) mass is 137 g/mol. The van der Waals surface area contributed by atoms with Crippen LogP contribution in [0.5, 0.6) is 0 Å². The Morgan fingerprint density at radius 1 is 1.86 bits per heavy atom. The minimum atomic E-state index is -2.64. The molecule has 7 heavy (non-hydrogen) atoms. The van der Waals surface area contributed by atoms with Crippen molar-refractivity contribution < 1.29 is 14.0 Å². The summed E-state index contributed by atoms with van der Waals surface area (Å²) in [5.74, 6) is 0. The van der Waals surface area contributed by atoms with Gasteiger partial charge in [-0.2, -0.15) is 0 Å². The second-order valence-corrected chi connectivity index (χ2v) is 1.52. The molecule has 3 nitrogen and oxygen atoms in total. The SMILES string of the molecule is CCO[PH](=O)O.[Al]. The van der Waals surface area contributed by atoms with E-state index in [1.54, 1.807) is 6.92 Å². The van der Waals surface area contributed by atoms with Gasteiger partial charge in [-0.3, -0.25) is 4.57 Å². The molecular weight excluding hydrogens is 130 g/mol. The normalized spacial score (nSPS) is 12.3. The standard InChI is InChI=1S/C2H7O3P.Al/c1-2-5-6(3)4;/h6H,2H2,1H3,(H,3,4);. The maximum atomic E-state index is 9.56. The van der Waals surface area contributed by atoms with Crippen LogP contribution in [0.25, 0.3) is 0 Å². The van der Waals surface area contributed by atoms with Crippen molar-refractivity contribution >= 4 is 25.6 Å². The van der Waals surface area contributed by atoms with Gasteiger partial charge in [-0.25, -0.2) is 0 Å². The zero-order chi connectivity index (χ0) is 4.99. The van der Waals surface area contributed by atoms with Crippen molar-refractivity contribution in [2.24, 2.45) is 0 Å².